The number of rotatable bonds is 3. The van der Waals surface area contributed by atoms with E-state index in [9.17, 15) is 22.8 Å². The summed E-state index contributed by atoms with van der Waals surface area (Å²) < 4.78 is 36.7. The molecule has 2 amide bonds. The SMILES string of the molecule is CNC(=O)[C@H]1C[C@@H]2CN(C(=O)c3ccno3)C[C@@H]2N1C(C)C.O=C(O)C(F)(F)F. The van der Waals surface area contributed by atoms with Crippen LogP contribution >= 0.6 is 0 Å². The van der Waals surface area contributed by atoms with Gasteiger partial charge in [0, 0.05) is 38.3 Å². The standard InChI is InChI=1S/C15H22N4O3.C2HF3O2/c1-9(2)19-11(14(20)16-3)6-10-7-18(8-12(10)19)15(21)13-4-5-17-22-13;3-2(4,5)1(6)7/h4-5,9-12H,6-8H2,1-3H3,(H,16,20);(H,6,7)/t10-,11-,12+;/m1./s1. The maximum atomic E-state index is 12.4. The highest BCUT2D eigenvalue weighted by Crippen LogP contribution is 2.37. The second-order valence-electron chi connectivity index (χ2n) is 7.12. The van der Waals surface area contributed by atoms with Gasteiger partial charge in [-0.2, -0.15) is 13.2 Å². The lowest BCUT2D eigenvalue weighted by molar-refractivity contribution is -0.192. The maximum absolute atomic E-state index is 12.4. The smallest absolute Gasteiger partial charge is 0.475 e. The first-order valence-electron chi connectivity index (χ1n) is 8.96. The quantitative estimate of drug-likeness (QED) is 0.749. The van der Waals surface area contributed by atoms with Gasteiger partial charge >= 0.3 is 12.1 Å². The molecule has 3 rings (SSSR count). The predicted molar refractivity (Wildman–Crippen MR) is 92.8 cm³/mol. The first-order chi connectivity index (χ1) is 13.5. The number of likely N-dealkylation sites (N-methyl/N-ethyl adjacent to an activating group) is 1. The Morgan fingerprint density at radius 2 is 1.93 bits per heavy atom. The third kappa shape index (κ3) is 5.05. The number of carbonyl (C=O) groups excluding carboxylic acids is 2. The number of hydrogen-bond acceptors (Lipinski definition) is 6. The molecule has 0 saturated carbocycles. The van der Waals surface area contributed by atoms with Crippen LogP contribution in [0, 0.1) is 5.92 Å². The molecule has 29 heavy (non-hydrogen) atoms. The number of halogens is 3. The Morgan fingerprint density at radius 3 is 2.38 bits per heavy atom. The topological polar surface area (TPSA) is 116 Å². The molecule has 12 heteroatoms. The van der Waals surface area contributed by atoms with Crippen molar-refractivity contribution in [3.05, 3.63) is 18.0 Å². The van der Waals surface area contributed by atoms with Gasteiger partial charge in [0.05, 0.1) is 12.2 Å². The van der Waals surface area contributed by atoms with Gasteiger partial charge < -0.3 is 19.8 Å². The Balaban J connectivity index is 0.000000370. The molecular formula is C17H23F3N4O5. The van der Waals surface area contributed by atoms with E-state index in [1.807, 2.05) is 4.90 Å². The molecule has 1 aromatic heterocycles. The summed E-state index contributed by atoms with van der Waals surface area (Å²) in [6, 6.07) is 1.98. The number of fused-ring (bicyclic) bond motifs is 1. The van der Waals surface area contributed by atoms with Crippen molar-refractivity contribution in [1.82, 2.24) is 20.3 Å². The summed E-state index contributed by atoms with van der Waals surface area (Å²) in [5, 5.41) is 13.5. The zero-order valence-electron chi connectivity index (χ0n) is 16.1. The Kier molecular flexibility index (Phi) is 6.88. The molecule has 9 nitrogen and oxygen atoms in total. The van der Waals surface area contributed by atoms with Gasteiger partial charge in [0.15, 0.2) is 0 Å². The molecular weight excluding hydrogens is 397 g/mol. The molecule has 2 N–H and O–H groups in total. The van der Waals surface area contributed by atoms with Crippen molar-refractivity contribution in [2.45, 2.75) is 44.6 Å². The van der Waals surface area contributed by atoms with Crippen molar-refractivity contribution >= 4 is 17.8 Å². The van der Waals surface area contributed by atoms with E-state index in [0.29, 0.717) is 19.0 Å². The highest BCUT2D eigenvalue weighted by molar-refractivity contribution is 5.91. The van der Waals surface area contributed by atoms with Crippen molar-refractivity contribution in [3.8, 4) is 0 Å². The molecule has 3 heterocycles. The second kappa shape index (κ2) is 8.80. The van der Waals surface area contributed by atoms with E-state index in [4.69, 9.17) is 14.4 Å². The third-order valence-corrected chi connectivity index (χ3v) is 5.00. The number of carboxylic acid groups (broad SMARTS) is 1. The minimum atomic E-state index is -5.08. The summed E-state index contributed by atoms with van der Waals surface area (Å²) >= 11 is 0. The van der Waals surface area contributed by atoms with Crippen molar-refractivity contribution in [1.29, 1.82) is 0 Å². The van der Waals surface area contributed by atoms with Crippen LogP contribution in [0.3, 0.4) is 0 Å². The molecule has 3 atom stereocenters. The summed E-state index contributed by atoms with van der Waals surface area (Å²) in [7, 11) is 1.68. The van der Waals surface area contributed by atoms with Crippen molar-refractivity contribution in [2.24, 2.45) is 5.92 Å². The molecule has 0 bridgehead atoms. The lowest BCUT2D eigenvalue weighted by Crippen LogP contribution is -2.50. The molecule has 0 unspecified atom stereocenters. The lowest BCUT2D eigenvalue weighted by atomic mass is 10.0. The molecule has 0 aliphatic carbocycles. The summed E-state index contributed by atoms with van der Waals surface area (Å²) in [5.41, 5.74) is 0. The Labute approximate surface area is 164 Å². The zero-order valence-corrected chi connectivity index (χ0v) is 16.1. The number of likely N-dealkylation sites (tertiary alicyclic amines) is 2. The van der Waals surface area contributed by atoms with Crippen LogP contribution in [0.25, 0.3) is 0 Å². The van der Waals surface area contributed by atoms with E-state index in [2.05, 4.69) is 29.2 Å². The largest absolute Gasteiger partial charge is 0.490 e. The molecule has 1 aromatic rings. The van der Waals surface area contributed by atoms with E-state index in [0.717, 1.165) is 6.42 Å². The van der Waals surface area contributed by atoms with Crippen LogP contribution < -0.4 is 5.32 Å². The molecule has 0 radical (unpaired) electrons. The van der Waals surface area contributed by atoms with Crippen LogP contribution in [-0.4, -0.2) is 82.3 Å². The summed E-state index contributed by atoms with van der Waals surface area (Å²) in [6.45, 7) is 5.50. The van der Waals surface area contributed by atoms with Gasteiger partial charge in [0.25, 0.3) is 5.91 Å². The van der Waals surface area contributed by atoms with Crippen molar-refractivity contribution < 1.29 is 37.2 Å². The second-order valence-corrected chi connectivity index (χ2v) is 7.12. The van der Waals surface area contributed by atoms with Gasteiger partial charge in [-0.05, 0) is 26.2 Å². The van der Waals surface area contributed by atoms with E-state index in [1.54, 1.807) is 13.1 Å². The Bertz CT molecular complexity index is 738. The maximum Gasteiger partial charge on any atom is 0.490 e. The molecule has 0 spiro atoms. The zero-order chi connectivity index (χ0) is 21.9. The highest BCUT2D eigenvalue weighted by Gasteiger charge is 2.50. The van der Waals surface area contributed by atoms with Crippen molar-refractivity contribution in [3.63, 3.8) is 0 Å². The molecule has 0 aromatic carbocycles. The van der Waals surface area contributed by atoms with Gasteiger partial charge in [0.2, 0.25) is 11.7 Å². The van der Waals surface area contributed by atoms with Gasteiger partial charge in [-0.3, -0.25) is 14.5 Å². The van der Waals surface area contributed by atoms with Crippen molar-refractivity contribution in [2.75, 3.05) is 20.1 Å². The average molecular weight is 420 g/mol. The number of carbonyl (C=O) groups is 3. The van der Waals surface area contributed by atoms with E-state index in [-0.39, 0.29) is 35.7 Å². The number of alkyl halides is 3. The summed E-state index contributed by atoms with van der Waals surface area (Å²) in [5.74, 6) is -2.20. The minimum Gasteiger partial charge on any atom is -0.475 e. The molecule has 2 aliphatic rings. The van der Waals surface area contributed by atoms with Crippen LogP contribution in [0.5, 0.6) is 0 Å². The lowest BCUT2D eigenvalue weighted by Gasteiger charge is -2.32. The number of aliphatic carboxylic acids is 1. The van der Waals surface area contributed by atoms with Crippen LogP contribution in [0.2, 0.25) is 0 Å². The number of hydrogen-bond donors (Lipinski definition) is 2. The molecule has 162 valence electrons. The number of nitrogens with one attached hydrogen (secondary N) is 1. The summed E-state index contributed by atoms with van der Waals surface area (Å²) in [4.78, 5) is 37.4. The average Bonchev–Trinajstić information content (AvgIpc) is 3.34. The predicted octanol–water partition coefficient (Wildman–Crippen LogP) is 0.977. The number of carboxylic acids is 1. The van der Waals surface area contributed by atoms with Gasteiger partial charge in [-0.15, -0.1) is 0 Å². The molecule has 2 saturated heterocycles. The fourth-order valence-electron chi connectivity index (χ4n) is 3.86. The van der Waals surface area contributed by atoms with E-state index < -0.39 is 12.1 Å². The van der Waals surface area contributed by atoms with Crippen LogP contribution in [0.4, 0.5) is 13.2 Å². The molecule has 2 fully saturated rings. The Hall–Kier alpha value is -2.63. The minimum absolute atomic E-state index is 0.0659. The van der Waals surface area contributed by atoms with Gasteiger partial charge in [-0.25, -0.2) is 4.79 Å². The first kappa shape index (κ1) is 22.7. The number of aromatic nitrogens is 1. The summed E-state index contributed by atoms with van der Waals surface area (Å²) in [6.07, 6.45) is -2.81. The number of amides is 2. The highest BCUT2D eigenvalue weighted by atomic mass is 19.4. The first-order valence-corrected chi connectivity index (χ1v) is 8.96. The van der Waals surface area contributed by atoms with E-state index in [1.165, 1.54) is 6.20 Å². The third-order valence-electron chi connectivity index (χ3n) is 5.00. The monoisotopic (exact) mass is 420 g/mol. The fourth-order valence-corrected chi connectivity index (χ4v) is 3.86. The fraction of sp³-hybridized carbons (Fsp3) is 0.647. The van der Waals surface area contributed by atoms with Crippen LogP contribution in [-0.2, 0) is 9.59 Å². The number of nitrogens with zero attached hydrogens (tertiary/aromatic N) is 3. The van der Waals surface area contributed by atoms with Crippen LogP contribution in [0.1, 0.15) is 30.8 Å². The normalized spacial score (nSPS) is 24.1. The van der Waals surface area contributed by atoms with Crippen LogP contribution in [0.15, 0.2) is 16.8 Å². The Morgan fingerprint density at radius 1 is 1.31 bits per heavy atom. The van der Waals surface area contributed by atoms with Gasteiger partial charge in [0.1, 0.15) is 0 Å². The van der Waals surface area contributed by atoms with Gasteiger partial charge in [-0.1, -0.05) is 5.16 Å². The van der Waals surface area contributed by atoms with E-state index >= 15 is 0 Å². The molecule has 2 aliphatic heterocycles.